The average molecular weight is 402 g/mol. The summed E-state index contributed by atoms with van der Waals surface area (Å²) in [6.45, 7) is 6.02. The monoisotopic (exact) mass is 401 g/mol. The second-order valence-electron chi connectivity index (χ2n) is 7.80. The lowest BCUT2D eigenvalue weighted by Crippen LogP contribution is -2.40. The quantitative estimate of drug-likeness (QED) is 0.206. The molecule has 4 rings (SSSR count). The van der Waals surface area contributed by atoms with E-state index in [0.29, 0.717) is 5.56 Å². The predicted octanol–water partition coefficient (Wildman–Crippen LogP) is 6.87. The Morgan fingerprint density at radius 1 is 1.21 bits per heavy atom. The van der Waals surface area contributed by atoms with E-state index in [4.69, 9.17) is 11.2 Å². The number of carbonyl (C=O) groups excluding carboxylic acids is 1. The molecule has 146 valence electrons. The van der Waals surface area contributed by atoms with Crippen molar-refractivity contribution in [2.75, 3.05) is 0 Å². The zero-order valence-corrected chi connectivity index (χ0v) is 17.5. The molecule has 3 unspecified atom stereocenters. The molecule has 1 aliphatic rings. The molecule has 29 heavy (non-hydrogen) atoms. The van der Waals surface area contributed by atoms with Crippen LogP contribution in [0.1, 0.15) is 43.0 Å². The summed E-state index contributed by atoms with van der Waals surface area (Å²) in [4.78, 5) is 14.1. The molecule has 1 saturated carbocycles. The largest absolute Gasteiger partial charge is 0.442 e. The molecule has 0 radical (unpaired) electrons. The van der Waals surface area contributed by atoms with E-state index in [2.05, 4.69) is 48.2 Å². The molecule has 0 N–H and O–H groups in total. The standard InChI is InChI=1S/C26H25O2S/c1-4-26(3,23-14-7-5-10-19(23)2)28-25(27)21-12-9-13-22(18-21)29-17-16-20-11-6-8-15-24(20)29/h1,6,8-9,11-13,15-18,23H,2,5,7,10,14H2,3H3/q+1. The van der Waals surface area contributed by atoms with Crippen LogP contribution in [0, 0.1) is 18.3 Å². The molecule has 1 heterocycles. The molecule has 0 aliphatic heterocycles. The van der Waals surface area contributed by atoms with Gasteiger partial charge in [0, 0.05) is 33.9 Å². The van der Waals surface area contributed by atoms with Crippen LogP contribution in [0.4, 0.5) is 0 Å². The molecule has 0 spiro atoms. The molecule has 3 heteroatoms. The van der Waals surface area contributed by atoms with Gasteiger partial charge in [-0.3, -0.25) is 0 Å². The van der Waals surface area contributed by atoms with E-state index in [-0.39, 0.29) is 22.4 Å². The van der Waals surface area contributed by atoms with Gasteiger partial charge >= 0.3 is 5.97 Å². The van der Waals surface area contributed by atoms with Crippen LogP contribution in [0.25, 0.3) is 15.0 Å². The van der Waals surface area contributed by atoms with Crippen molar-refractivity contribution < 1.29 is 9.53 Å². The minimum Gasteiger partial charge on any atom is -0.442 e. The maximum absolute atomic E-state index is 13.0. The van der Waals surface area contributed by atoms with Gasteiger partial charge < -0.3 is 4.74 Å². The number of rotatable bonds is 4. The van der Waals surface area contributed by atoms with Gasteiger partial charge in [-0.25, -0.2) is 4.79 Å². The van der Waals surface area contributed by atoms with Crippen LogP contribution in [-0.4, -0.2) is 11.6 Å². The van der Waals surface area contributed by atoms with E-state index in [1.165, 1.54) is 10.1 Å². The van der Waals surface area contributed by atoms with E-state index in [1.807, 2.05) is 25.1 Å². The highest BCUT2D eigenvalue weighted by molar-refractivity contribution is 7.43. The van der Waals surface area contributed by atoms with Crippen LogP contribution in [-0.2, 0) is 4.74 Å². The summed E-state index contributed by atoms with van der Waals surface area (Å²) in [6, 6.07) is 18.2. The highest BCUT2D eigenvalue weighted by atomic mass is 32.2. The van der Waals surface area contributed by atoms with Crippen molar-refractivity contribution in [1.82, 2.24) is 0 Å². The molecule has 1 aromatic heterocycles. The molecule has 0 amide bonds. The summed E-state index contributed by atoms with van der Waals surface area (Å²) >= 11 is 0. The fraction of sp³-hybridized carbons (Fsp3) is 0.269. The van der Waals surface area contributed by atoms with Crippen LogP contribution in [0.5, 0.6) is 0 Å². The fourth-order valence-electron chi connectivity index (χ4n) is 4.20. The van der Waals surface area contributed by atoms with Crippen LogP contribution < -0.4 is 0 Å². The number of carbonyl (C=O) groups is 1. The Labute approximate surface area is 175 Å². The Bertz CT molecular complexity index is 1120. The molecule has 1 aliphatic carbocycles. The van der Waals surface area contributed by atoms with Crippen molar-refractivity contribution in [2.24, 2.45) is 5.92 Å². The Balaban J connectivity index is 1.62. The first-order valence-corrected chi connectivity index (χ1v) is 11.3. The van der Waals surface area contributed by atoms with E-state index in [0.717, 1.165) is 36.2 Å². The number of ether oxygens (including phenoxy) is 1. The SMILES string of the molecule is C#CC(C)(OC(=O)c1cccc(-[s+]2ccc3ccccc32)c1)C1CCCCC1=C. The Hall–Kier alpha value is -2.83. The Kier molecular flexibility index (Phi) is 5.30. The third kappa shape index (κ3) is 3.73. The van der Waals surface area contributed by atoms with Crippen LogP contribution >= 0.6 is 10.5 Å². The maximum atomic E-state index is 13.0. The number of benzene rings is 2. The molecular weight excluding hydrogens is 376 g/mol. The van der Waals surface area contributed by atoms with Crippen molar-refractivity contribution in [3.63, 3.8) is 0 Å². The van der Waals surface area contributed by atoms with Crippen LogP contribution in [0.3, 0.4) is 0 Å². The first kappa shape index (κ1) is 19.5. The van der Waals surface area contributed by atoms with E-state index in [9.17, 15) is 4.79 Å². The fourth-order valence-corrected chi connectivity index (χ4v) is 6.13. The number of terminal acetylenes is 1. The number of hydrogen-bond acceptors (Lipinski definition) is 2. The van der Waals surface area contributed by atoms with E-state index >= 15 is 0 Å². The average Bonchev–Trinajstić information content (AvgIpc) is 3.18. The van der Waals surface area contributed by atoms with Gasteiger partial charge in [0.05, 0.1) is 5.56 Å². The first-order valence-electron chi connectivity index (χ1n) is 10.0. The molecule has 3 atom stereocenters. The summed E-state index contributed by atoms with van der Waals surface area (Å²) in [6.07, 6.45) is 9.91. The molecular formula is C26H25O2S+. The zero-order valence-electron chi connectivity index (χ0n) is 16.7. The van der Waals surface area contributed by atoms with Gasteiger partial charge in [-0.05, 0) is 50.5 Å². The van der Waals surface area contributed by atoms with Crippen molar-refractivity contribution in [2.45, 2.75) is 38.2 Å². The normalized spacial score (nSPS) is 19.4. The maximum Gasteiger partial charge on any atom is 0.339 e. The summed E-state index contributed by atoms with van der Waals surface area (Å²) in [7, 11) is -0.170. The van der Waals surface area contributed by atoms with Crippen molar-refractivity contribution in [3.05, 3.63) is 77.7 Å². The van der Waals surface area contributed by atoms with E-state index in [1.54, 1.807) is 6.07 Å². The minimum atomic E-state index is -0.966. The summed E-state index contributed by atoms with van der Waals surface area (Å²) in [5, 5.41) is 3.44. The van der Waals surface area contributed by atoms with Gasteiger partial charge in [-0.1, -0.05) is 42.7 Å². The Morgan fingerprint density at radius 2 is 2.03 bits per heavy atom. The van der Waals surface area contributed by atoms with Crippen molar-refractivity contribution >= 4 is 26.5 Å². The lowest BCUT2D eigenvalue weighted by Gasteiger charge is -2.36. The molecule has 3 aromatic rings. The zero-order chi connectivity index (χ0) is 20.4. The van der Waals surface area contributed by atoms with Crippen molar-refractivity contribution in [3.8, 4) is 17.2 Å². The summed E-state index contributed by atoms with van der Waals surface area (Å²) < 4.78 is 7.20. The van der Waals surface area contributed by atoms with Gasteiger partial charge in [-0.2, -0.15) is 0 Å². The minimum absolute atomic E-state index is 0.0138. The van der Waals surface area contributed by atoms with Gasteiger partial charge in [0.1, 0.15) is 5.38 Å². The lowest BCUT2D eigenvalue weighted by molar-refractivity contribution is -0.00645. The van der Waals surface area contributed by atoms with Gasteiger partial charge in [-0.15, -0.1) is 6.42 Å². The van der Waals surface area contributed by atoms with Gasteiger partial charge in [0.2, 0.25) is 0 Å². The smallest absolute Gasteiger partial charge is 0.339 e. The second-order valence-corrected chi connectivity index (χ2v) is 9.66. The van der Waals surface area contributed by atoms with Crippen molar-refractivity contribution in [1.29, 1.82) is 0 Å². The summed E-state index contributed by atoms with van der Waals surface area (Å²) in [5.41, 5.74) is 0.662. The Morgan fingerprint density at radius 3 is 2.83 bits per heavy atom. The third-order valence-corrected chi connectivity index (χ3v) is 7.87. The first-order chi connectivity index (χ1) is 14.0. The van der Waals surface area contributed by atoms with Crippen LogP contribution in [0.2, 0.25) is 0 Å². The number of esters is 1. The lowest BCUT2D eigenvalue weighted by atomic mass is 9.75. The number of hydrogen-bond donors (Lipinski definition) is 0. The van der Waals surface area contributed by atoms with Crippen LogP contribution in [0.15, 0.2) is 72.1 Å². The van der Waals surface area contributed by atoms with Gasteiger partial charge in [0.15, 0.2) is 15.2 Å². The highest BCUT2D eigenvalue weighted by Crippen LogP contribution is 2.41. The predicted molar refractivity (Wildman–Crippen MR) is 122 cm³/mol. The molecule has 1 fully saturated rings. The second kappa shape index (κ2) is 7.89. The number of fused-ring (bicyclic) bond motifs is 1. The molecule has 0 bridgehead atoms. The number of thiophene rings is 1. The topological polar surface area (TPSA) is 26.3 Å². The highest BCUT2D eigenvalue weighted by Gasteiger charge is 2.39. The molecule has 2 aromatic carbocycles. The van der Waals surface area contributed by atoms with Gasteiger partial charge in [0.25, 0.3) is 0 Å². The summed E-state index contributed by atoms with van der Waals surface area (Å²) in [5.74, 6) is 2.39. The van der Waals surface area contributed by atoms with E-state index < -0.39 is 5.60 Å². The molecule has 0 saturated heterocycles. The molecule has 2 nitrogen and oxygen atoms in total. The third-order valence-electron chi connectivity index (χ3n) is 5.85.